The van der Waals surface area contributed by atoms with Gasteiger partial charge in [-0.3, -0.25) is 0 Å². The molecule has 0 spiro atoms. The van der Waals surface area contributed by atoms with Crippen molar-refractivity contribution in [1.29, 1.82) is 0 Å². The Balaban J connectivity index is 2.73. The van der Waals surface area contributed by atoms with E-state index in [-0.39, 0.29) is 0 Å². The van der Waals surface area contributed by atoms with Crippen LogP contribution in [0.25, 0.3) is 0 Å². The second kappa shape index (κ2) is 7.38. The molecule has 110 valence electrons. The molecule has 4 nitrogen and oxygen atoms in total. The van der Waals surface area contributed by atoms with Gasteiger partial charge in [0.25, 0.3) is 10.0 Å². The summed E-state index contributed by atoms with van der Waals surface area (Å²) in [6, 6.07) is 3.60. The van der Waals surface area contributed by atoms with Gasteiger partial charge in [-0.1, -0.05) is 20.8 Å². The Bertz CT molecular complexity index is 481. The molecule has 1 heterocycles. The lowest BCUT2D eigenvalue weighted by Gasteiger charge is -2.17. The standard InChI is InChI=1S/C13H24N2O2S2/c1-5-8-14-9-12-6-7-13(18-12)19(16,17)15(4)10-11(2)3/h6-7,11,14H,5,8-10H2,1-4H3. The number of nitrogens with zero attached hydrogens (tertiary/aromatic N) is 1. The van der Waals surface area contributed by atoms with E-state index in [1.165, 1.54) is 15.6 Å². The normalized spacial score (nSPS) is 12.5. The van der Waals surface area contributed by atoms with Gasteiger partial charge < -0.3 is 5.32 Å². The Labute approximate surface area is 120 Å². The molecule has 0 aliphatic heterocycles. The Kier molecular flexibility index (Phi) is 6.46. The van der Waals surface area contributed by atoms with E-state index in [2.05, 4.69) is 12.2 Å². The van der Waals surface area contributed by atoms with Crippen molar-refractivity contribution in [2.24, 2.45) is 5.92 Å². The maximum absolute atomic E-state index is 12.3. The molecule has 1 rings (SSSR count). The van der Waals surface area contributed by atoms with Crippen LogP contribution in [0.2, 0.25) is 0 Å². The fourth-order valence-corrected chi connectivity index (χ4v) is 4.62. The van der Waals surface area contributed by atoms with Crippen molar-refractivity contribution < 1.29 is 8.42 Å². The summed E-state index contributed by atoms with van der Waals surface area (Å²) in [6.45, 7) is 8.37. The topological polar surface area (TPSA) is 49.4 Å². The smallest absolute Gasteiger partial charge is 0.252 e. The van der Waals surface area contributed by atoms with Crippen LogP contribution >= 0.6 is 11.3 Å². The lowest BCUT2D eigenvalue weighted by Crippen LogP contribution is -2.29. The highest BCUT2D eigenvalue weighted by Crippen LogP contribution is 2.24. The minimum absolute atomic E-state index is 0.324. The molecular weight excluding hydrogens is 280 g/mol. The predicted molar refractivity (Wildman–Crippen MR) is 81.0 cm³/mol. The first kappa shape index (κ1) is 16.6. The maximum atomic E-state index is 12.3. The third-order valence-corrected chi connectivity index (χ3v) is 6.03. The zero-order chi connectivity index (χ0) is 14.5. The predicted octanol–water partition coefficient (Wildman–Crippen LogP) is 2.52. The minimum Gasteiger partial charge on any atom is -0.312 e. The highest BCUT2D eigenvalue weighted by atomic mass is 32.2. The Morgan fingerprint density at radius 3 is 2.63 bits per heavy atom. The van der Waals surface area contributed by atoms with E-state index in [0.717, 1.165) is 24.4 Å². The van der Waals surface area contributed by atoms with Gasteiger partial charge in [-0.25, -0.2) is 8.42 Å². The van der Waals surface area contributed by atoms with Gasteiger partial charge >= 0.3 is 0 Å². The maximum Gasteiger partial charge on any atom is 0.252 e. The van der Waals surface area contributed by atoms with E-state index in [1.807, 2.05) is 19.9 Å². The highest BCUT2D eigenvalue weighted by Gasteiger charge is 2.23. The summed E-state index contributed by atoms with van der Waals surface area (Å²) in [5, 5.41) is 3.28. The van der Waals surface area contributed by atoms with Crippen LogP contribution < -0.4 is 5.32 Å². The SMILES string of the molecule is CCCNCc1ccc(S(=O)(=O)N(C)CC(C)C)s1. The zero-order valence-electron chi connectivity index (χ0n) is 12.1. The molecule has 0 bridgehead atoms. The van der Waals surface area contributed by atoms with Crippen LogP contribution in [0, 0.1) is 5.92 Å². The van der Waals surface area contributed by atoms with Crippen molar-refractivity contribution in [3.05, 3.63) is 17.0 Å². The number of rotatable bonds is 8. The minimum atomic E-state index is -3.32. The van der Waals surface area contributed by atoms with E-state index in [9.17, 15) is 8.42 Å². The highest BCUT2D eigenvalue weighted by molar-refractivity contribution is 7.91. The Hall–Kier alpha value is -0.430. The molecule has 0 aliphatic rings. The van der Waals surface area contributed by atoms with Gasteiger partial charge in [0, 0.05) is 25.0 Å². The van der Waals surface area contributed by atoms with Crippen molar-refractivity contribution in [3.63, 3.8) is 0 Å². The van der Waals surface area contributed by atoms with Crippen molar-refractivity contribution in [3.8, 4) is 0 Å². The van der Waals surface area contributed by atoms with Gasteiger partial charge in [0.2, 0.25) is 0 Å². The second-order valence-corrected chi connectivity index (χ2v) is 8.52. The summed E-state index contributed by atoms with van der Waals surface area (Å²) < 4.78 is 26.5. The third kappa shape index (κ3) is 4.87. The number of hydrogen-bond acceptors (Lipinski definition) is 4. The Morgan fingerprint density at radius 2 is 2.05 bits per heavy atom. The average molecular weight is 304 g/mol. The molecule has 1 aromatic heterocycles. The van der Waals surface area contributed by atoms with Crippen LogP contribution in [0.1, 0.15) is 32.1 Å². The summed E-state index contributed by atoms with van der Waals surface area (Å²) >= 11 is 1.35. The van der Waals surface area contributed by atoms with Crippen LogP contribution in [-0.2, 0) is 16.6 Å². The van der Waals surface area contributed by atoms with Crippen LogP contribution in [0.4, 0.5) is 0 Å². The first-order valence-electron chi connectivity index (χ1n) is 6.63. The third-order valence-electron chi connectivity index (χ3n) is 2.65. The summed E-state index contributed by atoms with van der Waals surface area (Å²) in [6.07, 6.45) is 1.08. The fraction of sp³-hybridized carbons (Fsp3) is 0.692. The molecule has 0 saturated carbocycles. The molecule has 0 unspecified atom stereocenters. The van der Waals surface area contributed by atoms with E-state index in [0.29, 0.717) is 16.7 Å². The van der Waals surface area contributed by atoms with Crippen LogP contribution in [0.5, 0.6) is 0 Å². The number of hydrogen-bond donors (Lipinski definition) is 1. The van der Waals surface area contributed by atoms with Crippen molar-refractivity contribution in [2.75, 3.05) is 20.1 Å². The first-order chi connectivity index (χ1) is 8.87. The Morgan fingerprint density at radius 1 is 1.37 bits per heavy atom. The van der Waals surface area contributed by atoms with Gasteiger partial charge in [-0.2, -0.15) is 4.31 Å². The van der Waals surface area contributed by atoms with Gasteiger partial charge in [0.15, 0.2) is 0 Å². The van der Waals surface area contributed by atoms with Gasteiger partial charge in [-0.05, 0) is 31.0 Å². The van der Waals surface area contributed by atoms with Crippen LogP contribution in [0.15, 0.2) is 16.3 Å². The van der Waals surface area contributed by atoms with Crippen molar-refractivity contribution in [2.45, 2.75) is 37.9 Å². The lowest BCUT2D eigenvalue weighted by atomic mass is 10.2. The molecule has 0 saturated heterocycles. The fourth-order valence-electron chi connectivity index (χ4n) is 1.75. The molecule has 1 aromatic rings. The van der Waals surface area contributed by atoms with E-state index >= 15 is 0 Å². The van der Waals surface area contributed by atoms with Crippen LogP contribution in [-0.4, -0.2) is 32.9 Å². The number of nitrogens with one attached hydrogen (secondary N) is 1. The first-order valence-corrected chi connectivity index (χ1v) is 8.89. The molecule has 0 aromatic carbocycles. The molecule has 0 radical (unpaired) electrons. The number of thiophene rings is 1. The molecule has 0 atom stereocenters. The summed E-state index contributed by atoms with van der Waals surface area (Å²) in [4.78, 5) is 1.06. The van der Waals surface area contributed by atoms with Gasteiger partial charge in [-0.15, -0.1) is 11.3 Å². The summed E-state index contributed by atoms with van der Waals surface area (Å²) in [5.41, 5.74) is 0. The van der Waals surface area contributed by atoms with E-state index in [1.54, 1.807) is 13.1 Å². The summed E-state index contributed by atoms with van der Waals surface area (Å²) in [7, 11) is -1.68. The molecule has 0 fully saturated rings. The van der Waals surface area contributed by atoms with Crippen LogP contribution in [0.3, 0.4) is 0 Å². The van der Waals surface area contributed by atoms with E-state index < -0.39 is 10.0 Å². The van der Waals surface area contributed by atoms with Gasteiger partial charge in [0.1, 0.15) is 4.21 Å². The average Bonchev–Trinajstić information content (AvgIpc) is 2.78. The second-order valence-electron chi connectivity index (χ2n) is 5.08. The van der Waals surface area contributed by atoms with Crippen molar-refractivity contribution >= 4 is 21.4 Å². The molecule has 1 N–H and O–H groups in total. The molecular formula is C13H24N2O2S2. The quantitative estimate of drug-likeness (QED) is 0.751. The largest absolute Gasteiger partial charge is 0.312 e. The molecule has 19 heavy (non-hydrogen) atoms. The molecule has 0 aliphatic carbocycles. The monoisotopic (exact) mass is 304 g/mol. The zero-order valence-corrected chi connectivity index (χ0v) is 13.8. The lowest BCUT2D eigenvalue weighted by molar-refractivity contribution is 0.418. The molecule has 6 heteroatoms. The summed E-state index contributed by atoms with van der Waals surface area (Å²) in [5.74, 6) is 0.324. The molecule has 0 amide bonds. The number of sulfonamides is 1. The van der Waals surface area contributed by atoms with E-state index in [4.69, 9.17) is 0 Å². The van der Waals surface area contributed by atoms with Gasteiger partial charge in [0.05, 0.1) is 0 Å². The van der Waals surface area contributed by atoms with Crippen molar-refractivity contribution in [1.82, 2.24) is 9.62 Å².